The predicted octanol–water partition coefficient (Wildman–Crippen LogP) is 2.66. The van der Waals surface area contributed by atoms with Crippen molar-refractivity contribution in [1.82, 2.24) is 5.43 Å². The van der Waals surface area contributed by atoms with E-state index in [9.17, 15) is 0 Å². The van der Waals surface area contributed by atoms with Gasteiger partial charge >= 0.3 is 0 Å². The molecule has 0 aromatic carbocycles. The van der Waals surface area contributed by atoms with E-state index in [1.165, 1.54) is 17.1 Å². The number of nitrogens with one attached hydrogen (secondary N) is 1. The van der Waals surface area contributed by atoms with Crippen LogP contribution in [0.1, 0.15) is 24.6 Å². The van der Waals surface area contributed by atoms with Crippen molar-refractivity contribution >= 4 is 23.1 Å². The Bertz CT molecular complexity index is 237. The summed E-state index contributed by atoms with van der Waals surface area (Å²) in [4.78, 5) is 1.45. The zero-order chi connectivity index (χ0) is 10.9. The van der Waals surface area contributed by atoms with Gasteiger partial charge in [-0.05, 0) is 36.5 Å². The lowest BCUT2D eigenvalue weighted by molar-refractivity contribution is 0.541. The number of hydrazine groups is 1. The van der Waals surface area contributed by atoms with Gasteiger partial charge in [0.1, 0.15) is 0 Å². The van der Waals surface area contributed by atoms with Gasteiger partial charge < -0.3 is 0 Å². The van der Waals surface area contributed by atoms with Crippen LogP contribution < -0.4 is 11.3 Å². The molecule has 0 saturated carbocycles. The van der Waals surface area contributed by atoms with E-state index in [0.29, 0.717) is 6.04 Å². The molecule has 0 spiro atoms. The van der Waals surface area contributed by atoms with Gasteiger partial charge in [-0.2, -0.15) is 11.8 Å². The van der Waals surface area contributed by atoms with Gasteiger partial charge in [-0.1, -0.05) is 13.0 Å². The fraction of sp³-hybridized carbons (Fsp3) is 0.636. The third-order valence-electron chi connectivity index (χ3n) is 2.22. The molecule has 0 saturated heterocycles. The van der Waals surface area contributed by atoms with E-state index in [1.54, 1.807) is 0 Å². The molecule has 0 radical (unpaired) electrons. The summed E-state index contributed by atoms with van der Waals surface area (Å²) < 4.78 is 0. The highest BCUT2D eigenvalue weighted by Crippen LogP contribution is 2.14. The van der Waals surface area contributed by atoms with Crippen molar-refractivity contribution < 1.29 is 0 Å². The van der Waals surface area contributed by atoms with Crippen LogP contribution in [0.3, 0.4) is 0 Å². The Balaban J connectivity index is 2.16. The van der Waals surface area contributed by atoms with Crippen molar-refractivity contribution in [2.75, 3.05) is 11.5 Å². The largest absolute Gasteiger partial charge is 0.271 e. The number of hydrogen-bond acceptors (Lipinski definition) is 4. The number of aryl methyl sites for hydroxylation is 1. The summed E-state index contributed by atoms with van der Waals surface area (Å²) in [5, 5.41) is 2.13. The number of nitrogens with two attached hydrogens (primary N) is 1. The van der Waals surface area contributed by atoms with Crippen LogP contribution >= 0.6 is 23.1 Å². The molecule has 1 atom stereocenters. The van der Waals surface area contributed by atoms with Crippen LogP contribution in [0.4, 0.5) is 0 Å². The third-order valence-corrected chi connectivity index (χ3v) is 4.49. The van der Waals surface area contributed by atoms with Gasteiger partial charge in [-0.3, -0.25) is 11.3 Å². The summed E-state index contributed by atoms with van der Waals surface area (Å²) >= 11 is 3.81. The highest BCUT2D eigenvalue weighted by atomic mass is 32.2. The minimum Gasteiger partial charge on any atom is -0.271 e. The Morgan fingerprint density at radius 1 is 1.60 bits per heavy atom. The topological polar surface area (TPSA) is 38.0 Å². The van der Waals surface area contributed by atoms with Crippen LogP contribution in [0, 0.1) is 0 Å². The van der Waals surface area contributed by atoms with Crippen molar-refractivity contribution in [3.63, 3.8) is 0 Å². The predicted molar refractivity (Wildman–Crippen MR) is 71.4 cm³/mol. The molecule has 1 aromatic heterocycles. The molecule has 1 aromatic rings. The van der Waals surface area contributed by atoms with Crippen LogP contribution in [-0.4, -0.2) is 17.5 Å². The van der Waals surface area contributed by atoms with Gasteiger partial charge in [0.25, 0.3) is 0 Å². The molecule has 1 heterocycles. The first-order valence-electron chi connectivity index (χ1n) is 5.43. The van der Waals surface area contributed by atoms with E-state index in [0.717, 1.165) is 18.6 Å². The first-order valence-corrected chi connectivity index (χ1v) is 7.46. The van der Waals surface area contributed by atoms with Gasteiger partial charge in [-0.25, -0.2) is 0 Å². The van der Waals surface area contributed by atoms with Crippen molar-refractivity contribution in [3.05, 3.63) is 22.4 Å². The summed E-state index contributed by atoms with van der Waals surface area (Å²) in [6, 6.07) is 4.75. The van der Waals surface area contributed by atoms with Gasteiger partial charge in [0.2, 0.25) is 0 Å². The second-order valence-corrected chi connectivity index (χ2v) is 5.74. The summed E-state index contributed by atoms with van der Waals surface area (Å²) in [6.45, 7) is 2.21. The van der Waals surface area contributed by atoms with Crippen molar-refractivity contribution in [3.8, 4) is 0 Å². The fourth-order valence-corrected chi connectivity index (χ4v) is 3.08. The standard InChI is InChI=1S/C11H20N2S2/c1-2-7-14-9-10(13-12)5-6-11-4-3-8-15-11/h3-4,8,10,13H,2,5-7,9,12H2,1H3. The highest BCUT2D eigenvalue weighted by molar-refractivity contribution is 7.99. The lowest BCUT2D eigenvalue weighted by Crippen LogP contribution is -2.37. The SMILES string of the molecule is CCCSCC(CCc1cccs1)NN. The first kappa shape index (κ1) is 13.0. The highest BCUT2D eigenvalue weighted by Gasteiger charge is 2.06. The maximum Gasteiger partial charge on any atom is 0.0304 e. The molecule has 0 bridgehead atoms. The monoisotopic (exact) mass is 244 g/mol. The average molecular weight is 244 g/mol. The van der Waals surface area contributed by atoms with E-state index in [2.05, 4.69) is 29.9 Å². The molecule has 2 nitrogen and oxygen atoms in total. The second kappa shape index (κ2) is 8.16. The summed E-state index contributed by atoms with van der Waals surface area (Å²) in [5.41, 5.74) is 2.91. The zero-order valence-electron chi connectivity index (χ0n) is 9.24. The molecule has 1 unspecified atom stereocenters. The molecule has 3 N–H and O–H groups in total. The van der Waals surface area contributed by atoms with Crippen LogP contribution in [0.2, 0.25) is 0 Å². The van der Waals surface area contributed by atoms with E-state index in [-0.39, 0.29) is 0 Å². The van der Waals surface area contributed by atoms with Gasteiger partial charge in [0, 0.05) is 16.7 Å². The number of thiophene rings is 1. The molecular weight excluding hydrogens is 224 g/mol. The minimum atomic E-state index is 0.448. The number of rotatable bonds is 8. The maximum absolute atomic E-state index is 5.53. The molecule has 1 rings (SSSR count). The van der Waals surface area contributed by atoms with E-state index < -0.39 is 0 Å². The van der Waals surface area contributed by atoms with Crippen molar-refractivity contribution in [2.24, 2.45) is 5.84 Å². The molecule has 0 fully saturated rings. The Hall–Kier alpha value is -0.0300. The van der Waals surface area contributed by atoms with Crippen LogP contribution in [0.25, 0.3) is 0 Å². The third kappa shape index (κ3) is 5.56. The molecule has 86 valence electrons. The molecule has 0 aliphatic rings. The van der Waals surface area contributed by atoms with Crippen LogP contribution in [0.5, 0.6) is 0 Å². The molecule has 4 heteroatoms. The summed E-state index contributed by atoms with van der Waals surface area (Å²) in [6.07, 6.45) is 3.51. The zero-order valence-corrected chi connectivity index (χ0v) is 10.9. The Morgan fingerprint density at radius 3 is 3.07 bits per heavy atom. The van der Waals surface area contributed by atoms with Gasteiger partial charge in [-0.15, -0.1) is 11.3 Å². The van der Waals surface area contributed by atoms with E-state index in [4.69, 9.17) is 5.84 Å². The quantitative estimate of drug-likeness (QED) is 0.419. The molecule has 0 aliphatic heterocycles. The lowest BCUT2D eigenvalue weighted by atomic mass is 10.2. The molecule has 0 aliphatic carbocycles. The smallest absolute Gasteiger partial charge is 0.0304 e. The summed E-state index contributed by atoms with van der Waals surface area (Å²) in [7, 11) is 0. The normalized spacial score (nSPS) is 12.9. The van der Waals surface area contributed by atoms with Crippen LogP contribution in [-0.2, 0) is 6.42 Å². The maximum atomic E-state index is 5.53. The fourth-order valence-electron chi connectivity index (χ4n) is 1.36. The van der Waals surface area contributed by atoms with E-state index >= 15 is 0 Å². The first-order chi connectivity index (χ1) is 7.36. The van der Waals surface area contributed by atoms with Gasteiger partial charge in [0.15, 0.2) is 0 Å². The molecule has 0 amide bonds. The molecular formula is C11H20N2S2. The Kier molecular flexibility index (Phi) is 7.09. The molecule has 15 heavy (non-hydrogen) atoms. The average Bonchev–Trinajstić information content (AvgIpc) is 2.76. The lowest BCUT2D eigenvalue weighted by Gasteiger charge is -2.14. The van der Waals surface area contributed by atoms with E-state index in [1.807, 2.05) is 23.1 Å². The number of hydrogen-bond donors (Lipinski definition) is 2. The van der Waals surface area contributed by atoms with Crippen molar-refractivity contribution in [2.45, 2.75) is 32.2 Å². The second-order valence-electron chi connectivity index (χ2n) is 3.56. The van der Waals surface area contributed by atoms with Crippen molar-refractivity contribution in [1.29, 1.82) is 0 Å². The Labute approximate surface area is 101 Å². The minimum absolute atomic E-state index is 0.448. The van der Waals surface area contributed by atoms with Gasteiger partial charge in [0.05, 0.1) is 0 Å². The Morgan fingerprint density at radius 2 is 2.47 bits per heavy atom. The number of thioether (sulfide) groups is 1. The van der Waals surface area contributed by atoms with Crippen LogP contribution in [0.15, 0.2) is 17.5 Å². The summed E-state index contributed by atoms with van der Waals surface area (Å²) in [5.74, 6) is 7.89.